The molecule has 1 aromatic carbocycles. The number of rotatable bonds is 4. The zero-order valence-corrected chi connectivity index (χ0v) is 11.4. The van der Waals surface area contributed by atoms with Gasteiger partial charge >= 0.3 is 5.97 Å². The summed E-state index contributed by atoms with van der Waals surface area (Å²) in [5, 5.41) is 16.2. The summed E-state index contributed by atoms with van der Waals surface area (Å²) in [5.41, 5.74) is 1.97. The minimum Gasteiger partial charge on any atom is -0.477 e. The first-order chi connectivity index (χ1) is 9.04. The zero-order valence-electron chi connectivity index (χ0n) is 10.5. The molecule has 0 bridgehead atoms. The Morgan fingerprint density at radius 1 is 1.32 bits per heavy atom. The van der Waals surface area contributed by atoms with Gasteiger partial charge in [0.2, 0.25) is 5.16 Å². The number of aromatic nitrogens is 3. The van der Waals surface area contributed by atoms with E-state index in [1.807, 2.05) is 31.2 Å². The van der Waals surface area contributed by atoms with Gasteiger partial charge in [-0.3, -0.25) is 5.10 Å². The average Bonchev–Trinajstić information content (AvgIpc) is 2.76. The number of aliphatic carboxylic acids is 1. The number of aryl methyl sites for hydroxylation is 2. The predicted molar refractivity (Wildman–Crippen MR) is 73.8 cm³/mol. The normalized spacial score (nSPS) is 11.6. The Balaban J connectivity index is 2.24. The molecule has 98 valence electrons. The second-order valence-electron chi connectivity index (χ2n) is 4.03. The monoisotopic (exact) mass is 275 g/mol. The zero-order chi connectivity index (χ0) is 13.8. The van der Waals surface area contributed by atoms with E-state index in [9.17, 15) is 9.90 Å². The number of H-pyrrole nitrogens is 1. The molecule has 0 atom stereocenters. The summed E-state index contributed by atoms with van der Waals surface area (Å²) in [7, 11) is 0. The van der Waals surface area contributed by atoms with Gasteiger partial charge in [-0.1, -0.05) is 29.8 Å². The molecular weight excluding hydrogens is 262 g/mol. The van der Waals surface area contributed by atoms with Crippen molar-refractivity contribution in [2.75, 3.05) is 0 Å². The molecule has 1 heterocycles. The summed E-state index contributed by atoms with van der Waals surface area (Å²) in [5.74, 6) is -0.337. The predicted octanol–water partition coefficient (Wildman–Crippen LogP) is 2.64. The van der Waals surface area contributed by atoms with Gasteiger partial charge in [0.1, 0.15) is 10.7 Å². The van der Waals surface area contributed by atoms with Gasteiger partial charge in [-0.05, 0) is 37.2 Å². The Morgan fingerprint density at radius 3 is 2.53 bits per heavy atom. The Kier molecular flexibility index (Phi) is 4.01. The number of benzene rings is 1. The van der Waals surface area contributed by atoms with Gasteiger partial charge < -0.3 is 5.11 Å². The molecule has 0 radical (unpaired) electrons. The van der Waals surface area contributed by atoms with E-state index in [1.54, 1.807) is 13.0 Å². The summed E-state index contributed by atoms with van der Waals surface area (Å²) in [6, 6.07) is 7.63. The minimum absolute atomic E-state index is 0.183. The molecule has 0 aliphatic heterocycles. The van der Waals surface area contributed by atoms with Gasteiger partial charge in [0.25, 0.3) is 0 Å². The highest BCUT2D eigenvalue weighted by atomic mass is 32.2. The van der Waals surface area contributed by atoms with Gasteiger partial charge in [-0.2, -0.15) is 0 Å². The average molecular weight is 275 g/mol. The molecule has 5 nitrogen and oxygen atoms in total. The van der Waals surface area contributed by atoms with Crippen LogP contribution in [0.25, 0.3) is 6.08 Å². The molecule has 0 unspecified atom stereocenters. The van der Waals surface area contributed by atoms with Crippen LogP contribution in [0.1, 0.15) is 17.0 Å². The molecule has 2 rings (SSSR count). The summed E-state index contributed by atoms with van der Waals surface area (Å²) in [6.07, 6.45) is 1.61. The van der Waals surface area contributed by atoms with Crippen molar-refractivity contribution in [2.45, 2.75) is 19.0 Å². The second kappa shape index (κ2) is 5.71. The van der Waals surface area contributed by atoms with E-state index in [2.05, 4.69) is 15.2 Å². The molecule has 1 aromatic heterocycles. The molecule has 0 spiro atoms. The molecular formula is C13H13N3O2S. The second-order valence-corrected chi connectivity index (χ2v) is 5.04. The highest BCUT2D eigenvalue weighted by molar-refractivity contribution is 8.04. The van der Waals surface area contributed by atoms with Crippen LogP contribution >= 0.6 is 11.8 Å². The number of carboxylic acids is 1. The summed E-state index contributed by atoms with van der Waals surface area (Å²) < 4.78 is 0. The van der Waals surface area contributed by atoms with Crippen LogP contribution in [0.3, 0.4) is 0 Å². The first-order valence-electron chi connectivity index (χ1n) is 5.63. The fourth-order valence-electron chi connectivity index (χ4n) is 1.42. The number of carboxylic acid groups (broad SMARTS) is 1. The lowest BCUT2D eigenvalue weighted by atomic mass is 10.1. The van der Waals surface area contributed by atoms with E-state index < -0.39 is 5.97 Å². The molecule has 0 amide bonds. The van der Waals surface area contributed by atoms with Crippen LogP contribution in [-0.2, 0) is 4.79 Å². The Labute approximate surface area is 114 Å². The lowest BCUT2D eigenvalue weighted by Crippen LogP contribution is -1.97. The molecule has 2 N–H and O–H groups in total. The number of nitrogens with one attached hydrogen (secondary N) is 1. The molecule has 6 heteroatoms. The highest BCUT2D eigenvalue weighted by Gasteiger charge is 2.12. The Morgan fingerprint density at radius 2 is 2.00 bits per heavy atom. The van der Waals surface area contributed by atoms with Crippen molar-refractivity contribution in [3.63, 3.8) is 0 Å². The van der Waals surface area contributed by atoms with Crippen LogP contribution in [0.4, 0.5) is 0 Å². The smallest absolute Gasteiger partial charge is 0.342 e. The quantitative estimate of drug-likeness (QED) is 0.662. The Hall–Kier alpha value is -2.08. The van der Waals surface area contributed by atoms with Crippen molar-refractivity contribution in [1.29, 1.82) is 0 Å². The largest absolute Gasteiger partial charge is 0.477 e. The molecule has 0 saturated carbocycles. The van der Waals surface area contributed by atoms with Crippen molar-refractivity contribution in [3.8, 4) is 0 Å². The molecule has 0 aliphatic carbocycles. The van der Waals surface area contributed by atoms with Gasteiger partial charge in [0.15, 0.2) is 0 Å². The van der Waals surface area contributed by atoms with Crippen LogP contribution in [-0.4, -0.2) is 26.3 Å². The summed E-state index contributed by atoms with van der Waals surface area (Å²) in [6.45, 7) is 3.75. The van der Waals surface area contributed by atoms with E-state index in [0.717, 1.165) is 22.9 Å². The maximum absolute atomic E-state index is 11.2. The van der Waals surface area contributed by atoms with Gasteiger partial charge in [-0.15, -0.1) is 5.10 Å². The minimum atomic E-state index is -0.993. The third-order valence-electron chi connectivity index (χ3n) is 2.36. The summed E-state index contributed by atoms with van der Waals surface area (Å²) in [4.78, 5) is 15.5. The van der Waals surface area contributed by atoms with E-state index in [1.165, 1.54) is 0 Å². The number of nitrogens with zero attached hydrogens (tertiary/aromatic N) is 2. The first-order valence-corrected chi connectivity index (χ1v) is 6.45. The topological polar surface area (TPSA) is 78.9 Å². The van der Waals surface area contributed by atoms with Gasteiger partial charge in [0, 0.05) is 0 Å². The fourth-order valence-corrected chi connectivity index (χ4v) is 2.17. The SMILES string of the molecule is Cc1ccc(/C=C(\Sc2n[nH]c(C)n2)C(=O)O)cc1. The van der Waals surface area contributed by atoms with Crippen molar-refractivity contribution in [3.05, 3.63) is 46.1 Å². The molecule has 2 aromatic rings. The third-order valence-corrected chi connectivity index (χ3v) is 3.24. The number of hydrogen-bond acceptors (Lipinski definition) is 4. The van der Waals surface area contributed by atoms with Gasteiger partial charge in [-0.25, -0.2) is 9.78 Å². The number of carbonyl (C=O) groups is 1. The van der Waals surface area contributed by atoms with E-state index in [0.29, 0.717) is 11.0 Å². The van der Waals surface area contributed by atoms with Crippen molar-refractivity contribution in [2.24, 2.45) is 0 Å². The van der Waals surface area contributed by atoms with Crippen LogP contribution in [0.5, 0.6) is 0 Å². The highest BCUT2D eigenvalue weighted by Crippen LogP contribution is 2.25. The lowest BCUT2D eigenvalue weighted by molar-refractivity contribution is -0.131. The Bertz CT molecular complexity index is 617. The van der Waals surface area contributed by atoms with E-state index in [-0.39, 0.29) is 4.91 Å². The van der Waals surface area contributed by atoms with Crippen molar-refractivity contribution < 1.29 is 9.90 Å². The number of hydrogen-bond donors (Lipinski definition) is 2. The third kappa shape index (κ3) is 3.69. The van der Waals surface area contributed by atoms with Gasteiger partial charge in [0.05, 0.1) is 0 Å². The van der Waals surface area contributed by atoms with E-state index in [4.69, 9.17) is 0 Å². The van der Waals surface area contributed by atoms with Crippen LogP contribution in [0.2, 0.25) is 0 Å². The first kappa shape index (κ1) is 13.4. The summed E-state index contributed by atoms with van der Waals surface area (Å²) >= 11 is 1.02. The van der Waals surface area contributed by atoms with Crippen molar-refractivity contribution >= 4 is 23.8 Å². The maximum atomic E-state index is 11.2. The molecule has 0 fully saturated rings. The van der Waals surface area contributed by atoms with Crippen molar-refractivity contribution in [1.82, 2.24) is 15.2 Å². The lowest BCUT2D eigenvalue weighted by Gasteiger charge is -2.00. The number of thioether (sulfide) groups is 1. The van der Waals surface area contributed by atoms with E-state index >= 15 is 0 Å². The fraction of sp³-hybridized carbons (Fsp3) is 0.154. The van der Waals surface area contributed by atoms with Crippen LogP contribution in [0.15, 0.2) is 34.3 Å². The standard InChI is InChI=1S/C13H13N3O2S/c1-8-3-5-10(6-4-8)7-11(12(17)18)19-13-14-9(2)15-16-13/h3-7H,1-2H3,(H,17,18)(H,14,15,16)/b11-7-. The van der Waals surface area contributed by atoms with Crippen LogP contribution < -0.4 is 0 Å². The number of aromatic amines is 1. The molecule has 0 aliphatic rings. The maximum Gasteiger partial charge on any atom is 0.342 e. The molecule has 19 heavy (non-hydrogen) atoms. The van der Waals surface area contributed by atoms with Crippen LogP contribution in [0, 0.1) is 13.8 Å². The molecule has 0 saturated heterocycles.